The Morgan fingerprint density at radius 2 is 2.07 bits per heavy atom. The van der Waals surface area contributed by atoms with E-state index in [1.807, 2.05) is 7.05 Å². The number of benzene rings is 1. The Kier molecular flexibility index (Phi) is 5.48. The average Bonchev–Trinajstić information content (AvgIpc) is 3.08. The van der Waals surface area contributed by atoms with Crippen LogP contribution in [0.4, 0.5) is 11.6 Å². The lowest BCUT2D eigenvalue weighted by Crippen LogP contribution is -2.04. The smallest absolute Gasteiger partial charge is 0.227 e. The number of hydrogen-bond acceptors (Lipinski definition) is 6. The summed E-state index contributed by atoms with van der Waals surface area (Å²) in [5, 5.41) is 16.4. The summed E-state index contributed by atoms with van der Waals surface area (Å²) in [4.78, 5) is 20.8. The van der Waals surface area contributed by atoms with E-state index in [4.69, 9.17) is 16.9 Å². The maximum atomic E-state index is 12.2. The number of Topliss-reactive ketones (excluding diaryl/α,β-unsaturated/α-hetero) is 1. The number of carbonyl (C=O) groups is 1. The Bertz CT molecular complexity index is 1010. The van der Waals surface area contributed by atoms with E-state index < -0.39 is 0 Å². The van der Waals surface area contributed by atoms with Crippen molar-refractivity contribution in [3.05, 3.63) is 53.4 Å². The maximum absolute atomic E-state index is 12.2. The van der Waals surface area contributed by atoms with E-state index in [9.17, 15) is 4.79 Å². The summed E-state index contributed by atoms with van der Waals surface area (Å²) in [6.45, 7) is 1.73. The molecule has 0 bridgehead atoms. The molecule has 2 aromatic heterocycles. The summed E-state index contributed by atoms with van der Waals surface area (Å²) >= 11 is 6.26. The molecule has 0 saturated heterocycles. The quantitative estimate of drug-likeness (QED) is 0.649. The van der Waals surface area contributed by atoms with Gasteiger partial charge in [0.2, 0.25) is 5.95 Å². The minimum absolute atomic E-state index is 0.0664. The van der Waals surface area contributed by atoms with Crippen LogP contribution in [0.15, 0.2) is 42.9 Å². The molecule has 0 unspecified atom stereocenters. The molecule has 0 aliphatic heterocycles. The molecular formula is C19H17ClN6O. The van der Waals surface area contributed by atoms with Crippen LogP contribution in [0.3, 0.4) is 0 Å². The number of aromatic nitrogens is 4. The van der Waals surface area contributed by atoms with Crippen molar-refractivity contribution in [1.29, 1.82) is 5.26 Å². The number of ketones is 1. The second kappa shape index (κ2) is 7.98. The van der Waals surface area contributed by atoms with Gasteiger partial charge in [-0.25, -0.2) is 9.97 Å². The van der Waals surface area contributed by atoms with Gasteiger partial charge in [-0.15, -0.1) is 0 Å². The lowest BCUT2D eigenvalue weighted by molar-refractivity contribution is 0.0973. The van der Waals surface area contributed by atoms with Crippen LogP contribution in [0.1, 0.15) is 23.7 Å². The molecule has 1 N–H and O–H groups in total. The van der Waals surface area contributed by atoms with E-state index in [-0.39, 0.29) is 18.1 Å². The summed E-state index contributed by atoms with van der Waals surface area (Å²) in [7, 11) is 1.82. The first-order valence-corrected chi connectivity index (χ1v) is 8.65. The SMILES string of the molecule is C[C@@H](C#N)CC(=O)c1ccc(-c2nc(Nc3cnn(C)c3)ncc2Cl)cc1. The van der Waals surface area contributed by atoms with Crippen molar-refractivity contribution in [2.24, 2.45) is 13.0 Å². The summed E-state index contributed by atoms with van der Waals surface area (Å²) in [6.07, 6.45) is 5.19. The zero-order valence-corrected chi connectivity index (χ0v) is 15.6. The highest BCUT2D eigenvalue weighted by Gasteiger charge is 2.13. The molecule has 0 amide bonds. The highest BCUT2D eigenvalue weighted by molar-refractivity contribution is 6.32. The Morgan fingerprint density at radius 3 is 2.70 bits per heavy atom. The number of carbonyl (C=O) groups excluding carboxylic acids is 1. The molecule has 3 rings (SSSR count). The third-order valence-electron chi connectivity index (χ3n) is 3.90. The first kappa shape index (κ1) is 18.5. The molecular weight excluding hydrogens is 364 g/mol. The molecule has 0 saturated carbocycles. The molecule has 3 aromatic rings. The second-order valence-electron chi connectivity index (χ2n) is 6.15. The third-order valence-corrected chi connectivity index (χ3v) is 4.17. The maximum Gasteiger partial charge on any atom is 0.227 e. The Hall–Kier alpha value is -3.24. The Morgan fingerprint density at radius 1 is 1.33 bits per heavy atom. The van der Waals surface area contributed by atoms with Gasteiger partial charge in [-0.2, -0.15) is 10.4 Å². The lowest BCUT2D eigenvalue weighted by atomic mass is 9.99. The zero-order valence-electron chi connectivity index (χ0n) is 14.8. The molecule has 2 heterocycles. The zero-order chi connectivity index (χ0) is 19.4. The Balaban J connectivity index is 1.82. The fourth-order valence-corrected chi connectivity index (χ4v) is 2.70. The molecule has 0 aliphatic carbocycles. The van der Waals surface area contributed by atoms with Crippen LogP contribution in [-0.2, 0) is 7.05 Å². The van der Waals surface area contributed by atoms with Gasteiger partial charge < -0.3 is 5.32 Å². The number of nitrogens with one attached hydrogen (secondary N) is 1. The minimum atomic E-state index is -0.311. The van der Waals surface area contributed by atoms with Gasteiger partial charge in [0.15, 0.2) is 5.78 Å². The standard InChI is InChI=1S/C19H17ClN6O/c1-12(8-21)7-17(27)13-3-5-14(6-4-13)18-16(20)10-22-19(25-18)24-15-9-23-26(2)11-15/h3-6,9-12H,7H2,1-2H3,(H,22,24,25)/t12-/m1/s1. The van der Waals surface area contributed by atoms with E-state index in [1.54, 1.807) is 48.3 Å². The van der Waals surface area contributed by atoms with Gasteiger partial charge in [-0.1, -0.05) is 35.9 Å². The van der Waals surface area contributed by atoms with Crippen molar-refractivity contribution >= 4 is 29.0 Å². The summed E-state index contributed by atoms with van der Waals surface area (Å²) < 4.78 is 1.67. The van der Waals surface area contributed by atoms with Crippen molar-refractivity contribution in [3.8, 4) is 17.3 Å². The number of hydrogen-bond donors (Lipinski definition) is 1. The van der Waals surface area contributed by atoms with Gasteiger partial charge in [0.05, 0.1) is 40.8 Å². The average molecular weight is 381 g/mol. The highest BCUT2D eigenvalue weighted by atomic mass is 35.5. The normalized spacial score (nSPS) is 11.6. The third kappa shape index (κ3) is 4.49. The molecule has 7 nitrogen and oxygen atoms in total. The molecule has 27 heavy (non-hydrogen) atoms. The number of halogens is 1. The number of nitrogens with zero attached hydrogens (tertiary/aromatic N) is 5. The first-order valence-electron chi connectivity index (χ1n) is 8.27. The molecule has 1 aromatic carbocycles. The first-order chi connectivity index (χ1) is 13.0. The van der Waals surface area contributed by atoms with Crippen LogP contribution < -0.4 is 5.32 Å². The van der Waals surface area contributed by atoms with Gasteiger partial charge in [0, 0.05) is 30.8 Å². The molecule has 0 fully saturated rings. The van der Waals surface area contributed by atoms with Crippen molar-refractivity contribution in [2.45, 2.75) is 13.3 Å². The van der Waals surface area contributed by atoms with Crippen LogP contribution in [0.5, 0.6) is 0 Å². The summed E-state index contributed by atoms with van der Waals surface area (Å²) in [6, 6.07) is 9.07. The van der Waals surface area contributed by atoms with Gasteiger partial charge in [-0.05, 0) is 6.92 Å². The molecule has 136 valence electrons. The largest absolute Gasteiger partial charge is 0.321 e. The van der Waals surface area contributed by atoms with E-state index in [2.05, 4.69) is 26.5 Å². The van der Waals surface area contributed by atoms with E-state index in [1.165, 1.54) is 6.20 Å². The van der Waals surface area contributed by atoms with Crippen LogP contribution in [0.25, 0.3) is 11.3 Å². The number of aryl methyl sites for hydroxylation is 1. The predicted molar refractivity (Wildman–Crippen MR) is 103 cm³/mol. The van der Waals surface area contributed by atoms with E-state index in [0.29, 0.717) is 22.2 Å². The molecule has 1 atom stereocenters. The predicted octanol–water partition coefficient (Wildman–Crippen LogP) is 4.01. The molecule has 8 heteroatoms. The van der Waals surface area contributed by atoms with Gasteiger partial charge in [-0.3, -0.25) is 9.48 Å². The van der Waals surface area contributed by atoms with Gasteiger partial charge >= 0.3 is 0 Å². The molecule has 0 spiro atoms. The highest BCUT2D eigenvalue weighted by Crippen LogP contribution is 2.27. The van der Waals surface area contributed by atoms with Crippen LogP contribution in [-0.4, -0.2) is 25.5 Å². The van der Waals surface area contributed by atoms with Gasteiger partial charge in [0.1, 0.15) is 0 Å². The minimum Gasteiger partial charge on any atom is -0.321 e. The molecule has 0 aliphatic rings. The van der Waals surface area contributed by atoms with Crippen molar-refractivity contribution in [1.82, 2.24) is 19.7 Å². The number of rotatable bonds is 6. The lowest BCUT2D eigenvalue weighted by Gasteiger charge is -2.08. The summed E-state index contributed by atoms with van der Waals surface area (Å²) in [5.74, 6) is 0.0170. The number of anilines is 2. The van der Waals surface area contributed by atoms with E-state index in [0.717, 1.165) is 11.3 Å². The summed E-state index contributed by atoms with van der Waals surface area (Å²) in [5.41, 5.74) is 2.64. The van der Waals surface area contributed by atoms with Crippen molar-refractivity contribution in [3.63, 3.8) is 0 Å². The fourth-order valence-electron chi connectivity index (χ4n) is 2.50. The topological polar surface area (TPSA) is 96.5 Å². The monoisotopic (exact) mass is 380 g/mol. The Labute approximate surface area is 161 Å². The van der Waals surface area contributed by atoms with Crippen LogP contribution in [0.2, 0.25) is 5.02 Å². The number of nitriles is 1. The van der Waals surface area contributed by atoms with Crippen molar-refractivity contribution in [2.75, 3.05) is 5.32 Å². The van der Waals surface area contributed by atoms with Crippen LogP contribution in [0, 0.1) is 17.2 Å². The van der Waals surface area contributed by atoms with E-state index >= 15 is 0 Å². The van der Waals surface area contributed by atoms with Gasteiger partial charge in [0.25, 0.3) is 0 Å². The van der Waals surface area contributed by atoms with Crippen molar-refractivity contribution < 1.29 is 4.79 Å². The second-order valence-corrected chi connectivity index (χ2v) is 6.56. The van der Waals surface area contributed by atoms with Crippen LogP contribution >= 0.6 is 11.6 Å². The fraction of sp³-hybridized carbons (Fsp3) is 0.211. The molecule has 0 radical (unpaired) electrons.